The van der Waals surface area contributed by atoms with Crippen molar-refractivity contribution >= 4 is 28.6 Å². The smallest absolute Gasteiger partial charge is 0.275 e. The first kappa shape index (κ1) is 44.1. The first-order valence-corrected chi connectivity index (χ1v) is 22.1. The number of aliphatic hydroxyl groups excluding tert-OH is 3. The molecule has 6 atom stereocenters. The van der Waals surface area contributed by atoms with Gasteiger partial charge in [-0.15, -0.1) is 0 Å². The van der Waals surface area contributed by atoms with Crippen LogP contribution < -0.4 is 11.1 Å². The lowest BCUT2D eigenvalue weighted by Crippen LogP contribution is -2.37. The summed E-state index contributed by atoms with van der Waals surface area (Å²) in [4.78, 5) is 62.3. The van der Waals surface area contributed by atoms with Crippen LogP contribution in [0.5, 0.6) is 0 Å². The summed E-state index contributed by atoms with van der Waals surface area (Å²) in [5, 5.41) is 39.8. The second kappa shape index (κ2) is 18.3. The number of likely N-dealkylation sites (tertiary alicyclic amines) is 3. The molecule has 3 aromatic heterocycles. The van der Waals surface area contributed by atoms with Gasteiger partial charge in [-0.2, -0.15) is 0 Å². The van der Waals surface area contributed by atoms with E-state index < -0.39 is 23.5 Å². The molecule has 17 heteroatoms. The Bertz CT molecular complexity index is 2370. The quantitative estimate of drug-likeness (QED) is 0.173. The van der Waals surface area contributed by atoms with Crippen LogP contribution in [-0.4, -0.2) is 154 Å². The van der Waals surface area contributed by atoms with Crippen molar-refractivity contribution in [1.29, 1.82) is 0 Å². The average Bonchev–Trinajstić information content (AvgIpc) is 4.08. The predicted octanol–water partition coefficient (Wildman–Crippen LogP) is 2.17. The summed E-state index contributed by atoms with van der Waals surface area (Å²) in [6, 6.07) is 0. The second-order valence-electron chi connectivity index (χ2n) is 18.7. The van der Waals surface area contributed by atoms with Crippen LogP contribution in [0.2, 0.25) is 0 Å². The Morgan fingerprint density at radius 1 is 0.790 bits per heavy atom. The van der Waals surface area contributed by atoms with E-state index in [0.29, 0.717) is 75.5 Å². The van der Waals surface area contributed by atoms with Crippen molar-refractivity contribution in [3.8, 4) is 0 Å². The zero-order valence-corrected chi connectivity index (χ0v) is 35.7. The highest BCUT2D eigenvalue weighted by atomic mass is 19.1. The van der Waals surface area contributed by atoms with Crippen molar-refractivity contribution in [3.05, 3.63) is 85.4 Å². The molecule has 16 nitrogen and oxygen atoms in total. The minimum Gasteiger partial charge on any atom is -0.391 e. The Morgan fingerprint density at radius 2 is 1.50 bits per heavy atom. The summed E-state index contributed by atoms with van der Waals surface area (Å²) in [6.45, 7) is 7.97. The zero-order valence-electron chi connectivity index (χ0n) is 35.7. The van der Waals surface area contributed by atoms with E-state index in [1.54, 1.807) is 13.1 Å². The van der Waals surface area contributed by atoms with Crippen molar-refractivity contribution in [1.82, 2.24) is 39.6 Å². The van der Waals surface area contributed by atoms with Crippen molar-refractivity contribution in [2.24, 2.45) is 16.8 Å². The molecular formula is C45H60FN9O7. The van der Waals surface area contributed by atoms with Gasteiger partial charge in [0.25, 0.3) is 11.1 Å². The minimum atomic E-state index is -1.55. The molecule has 7 heterocycles. The number of aliphatic imine (C=N–C) groups is 1. The number of aliphatic hydroxyl groups is 4. The molecule has 62 heavy (non-hydrogen) atoms. The van der Waals surface area contributed by atoms with Crippen LogP contribution in [0.4, 0.5) is 4.39 Å². The van der Waals surface area contributed by atoms with Crippen LogP contribution in [0.25, 0.3) is 16.6 Å². The third kappa shape index (κ3) is 9.68. The molecule has 0 bridgehead atoms. The molecule has 0 spiro atoms. The monoisotopic (exact) mass is 857 g/mol. The number of halogens is 1. The van der Waals surface area contributed by atoms with Crippen molar-refractivity contribution in [2.75, 3.05) is 52.4 Å². The van der Waals surface area contributed by atoms with E-state index in [9.17, 15) is 39.2 Å². The number of rotatable bonds is 8. The first-order chi connectivity index (χ1) is 29.6. The molecule has 3 saturated heterocycles. The third-order valence-electron chi connectivity index (χ3n) is 13.7. The lowest BCUT2D eigenvalue weighted by molar-refractivity contribution is -0.114. The van der Waals surface area contributed by atoms with Gasteiger partial charge in [-0.25, -0.2) is 14.4 Å². The van der Waals surface area contributed by atoms with Crippen LogP contribution >= 0.6 is 0 Å². The van der Waals surface area contributed by atoms with E-state index in [0.717, 1.165) is 64.6 Å². The highest BCUT2D eigenvalue weighted by Gasteiger charge is 2.43. The molecule has 1 saturated carbocycles. The number of aromatic amines is 3. The van der Waals surface area contributed by atoms with Gasteiger partial charge in [0.1, 0.15) is 22.9 Å². The molecule has 0 amide bonds. The summed E-state index contributed by atoms with van der Waals surface area (Å²) in [6.07, 6.45) is 18.0. The van der Waals surface area contributed by atoms with E-state index in [4.69, 9.17) is 0 Å². The Hall–Kier alpha value is -4.49. The van der Waals surface area contributed by atoms with E-state index >= 15 is 0 Å². The van der Waals surface area contributed by atoms with Crippen LogP contribution in [0.1, 0.15) is 82.0 Å². The van der Waals surface area contributed by atoms with Crippen molar-refractivity contribution in [3.63, 3.8) is 0 Å². The summed E-state index contributed by atoms with van der Waals surface area (Å²) < 4.78 is 13.9. The normalized spacial score (nSPS) is 30.3. The molecular weight excluding hydrogens is 798 g/mol. The van der Waals surface area contributed by atoms with Gasteiger partial charge in [0.15, 0.2) is 5.78 Å². The number of β-amino-alcohol motifs (C(OH)–C–C–N with tert-alkyl or cyclic N) is 4. The number of allylic oxidation sites excluding steroid dienone is 3. The molecule has 0 aromatic carbocycles. The fourth-order valence-electron chi connectivity index (χ4n) is 10.2. The van der Waals surface area contributed by atoms with Gasteiger partial charge in [0.2, 0.25) is 0 Å². The number of H-pyrrole nitrogens is 3. The number of carbonyl (C=O) groups excluding carboxylic acids is 1. The van der Waals surface area contributed by atoms with Crippen LogP contribution in [0.15, 0.2) is 62.4 Å². The maximum atomic E-state index is 13.9. The first-order valence-electron chi connectivity index (χ1n) is 22.1. The number of aromatic nitrogens is 5. The maximum Gasteiger partial charge on any atom is 0.275 e. The summed E-state index contributed by atoms with van der Waals surface area (Å²) in [7, 11) is 0. The van der Waals surface area contributed by atoms with Crippen LogP contribution in [-0.2, 0) is 17.8 Å². The number of carbonyl (C=O) groups is 1. The molecule has 10 rings (SSSR count). The fraction of sp³-hybridized carbons (Fsp3) is 0.600. The number of hydrogen-bond acceptors (Lipinski definition) is 13. The number of alkyl halides is 1. The van der Waals surface area contributed by atoms with Crippen molar-refractivity contribution < 1.29 is 29.6 Å². The lowest BCUT2D eigenvalue weighted by Gasteiger charge is -2.25. The van der Waals surface area contributed by atoms with E-state index in [1.165, 1.54) is 51.7 Å². The number of ketones is 1. The molecule has 4 aliphatic heterocycles. The highest BCUT2D eigenvalue weighted by molar-refractivity contribution is 6.07. The lowest BCUT2D eigenvalue weighted by atomic mass is 9.82. The Kier molecular flexibility index (Phi) is 13.0. The van der Waals surface area contributed by atoms with Gasteiger partial charge >= 0.3 is 0 Å². The predicted molar refractivity (Wildman–Crippen MR) is 232 cm³/mol. The van der Waals surface area contributed by atoms with Gasteiger partial charge in [0, 0.05) is 94.4 Å². The maximum absolute atomic E-state index is 13.9. The third-order valence-corrected chi connectivity index (χ3v) is 13.7. The number of nitrogens with zero attached hydrogens (tertiary/aromatic N) is 6. The molecule has 7 aliphatic rings. The molecule has 7 N–H and O–H groups in total. The fourth-order valence-corrected chi connectivity index (χ4v) is 10.2. The summed E-state index contributed by atoms with van der Waals surface area (Å²) in [5.74, 6) is 1.31. The molecule has 3 aliphatic carbocycles. The SMILES string of the molecule is C[C@@]1(F)CN(CC2=CCC3=C2N=CCC3=O)C[C@@H]1O.C[C@@]1(O)CN(CC2=CCc3c2nc[nH]c3=O)C[C@@H]1O.O=c1[nH]cnc2c(CN3C[C@H](CC4CCCCC4)[C@@H](O)C3)c[nH]c12. The minimum absolute atomic E-state index is 0.0929. The largest absolute Gasteiger partial charge is 0.391 e. The number of hydrogen-bond donors (Lipinski definition) is 7. The van der Waals surface area contributed by atoms with Gasteiger partial charge in [0.05, 0.1) is 41.8 Å². The van der Waals surface area contributed by atoms with Gasteiger partial charge in [-0.3, -0.25) is 34.1 Å². The van der Waals surface area contributed by atoms with E-state index in [2.05, 4.69) is 34.8 Å². The van der Waals surface area contributed by atoms with Crippen molar-refractivity contribution in [2.45, 2.75) is 108 Å². The Labute approximate surface area is 359 Å². The number of Topliss-reactive ketones (excluding diaryl/α,β-unsaturated/α-hetero) is 1. The average molecular weight is 858 g/mol. The molecule has 4 fully saturated rings. The Balaban J connectivity index is 0.000000129. The van der Waals surface area contributed by atoms with Gasteiger partial charge in [-0.05, 0) is 56.1 Å². The van der Waals surface area contributed by atoms with Crippen LogP contribution in [0, 0.1) is 11.8 Å². The van der Waals surface area contributed by atoms with Gasteiger partial charge < -0.3 is 35.4 Å². The number of fused-ring (bicyclic) bond motifs is 2. The molecule has 334 valence electrons. The zero-order chi connectivity index (χ0) is 43.8. The van der Waals surface area contributed by atoms with E-state index in [1.807, 2.05) is 28.1 Å². The summed E-state index contributed by atoms with van der Waals surface area (Å²) >= 11 is 0. The van der Waals surface area contributed by atoms with Crippen LogP contribution in [0.3, 0.4) is 0 Å². The molecule has 3 aromatic rings. The topological polar surface area (TPSA) is 227 Å². The van der Waals surface area contributed by atoms with E-state index in [-0.39, 0.29) is 29.6 Å². The van der Waals surface area contributed by atoms with Gasteiger partial charge in [-0.1, -0.05) is 44.3 Å². The summed E-state index contributed by atoms with van der Waals surface area (Å²) in [5.41, 5.74) is 4.40. The molecule has 0 radical (unpaired) electrons. The molecule has 0 unspecified atom stereocenters. The second-order valence-corrected chi connectivity index (χ2v) is 18.7. The Morgan fingerprint density at radius 3 is 2.24 bits per heavy atom. The number of nitrogens with one attached hydrogen (secondary N) is 3. The highest BCUT2D eigenvalue weighted by Crippen LogP contribution is 2.35. The standard InChI is InChI=1S/C18H26N4O2.C14H17FN2O2.C13H17N3O3/c23-15-10-22(8-13(15)6-12-4-2-1-3-5-12)9-14-7-19-17-16(14)20-11-21-18(17)24;1-14(15)8-17(7-12(14)19)6-9-2-3-10-11(18)4-5-16-13(9)10;1-13(19)6-16(5-10(13)17)4-8-2-3-9-11(8)14-7-15-12(9)18/h7,11-13,15,19,23H,1-6,8-10H2,(H,20,21,24);2,5,12,19H,3-4,6-8H2,1H3;2,7,10,17,19H,3-6H2,1H3,(H,14,15,18)/t13-,15-;12-,14+;10-,13+/m000/s1.